The molecule has 0 aliphatic carbocycles. The van der Waals surface area contributed by atoms with Crippen molar-refractivity contribution in [2.75, 3.05) is 0 Å². The Bertz CT molecular complexity index is 435. The number of benzene rings is 1. The molecule has 0 heterocycles. The van der Waals surface area contributed by atoms with E-state index in [-0.39, 0.29) is 17.5 Å². The van der Waals surface area contributed by atoms with Gasteiger partial charge < -0.3 is 5.32 Å². The summed E-state index contributed by atoms with van der Waals surface area (Å²) in [5.74, 6) is -0.897. The van der Waals surface area contributed by atoms with Crippen molar-refractivity contribution in [3.05, 3.63) is 47.4 Å². The van der Waals surface area contributed by atoms with Gasteiger partial charge in [0, 0.05) is 24.3 Å². The van der Waals surface area contributed by atoms with E-state index in [2.05, 4.69) is 5.32 Å². The van der Waals surface area contributed by atoms with Crippen LogP contribution in [-0.2, 0) is 4.79 Å². The molecule has 84 valence electrons. The summed E-state index contributed by atoms with van der Waals surface area (Å²) in [5.41, 5.74) is 0.841. The first-order valence-electron chi connectivity index (χ1n) is 4.75. The summed E-state index contributed by atoms with van der Waals surface area (Å²) < 4.78 is 12.6. The van der Waals surface area contributed by atoms with Crippen molar-refractivity contribution in [3.63, 3.8) is 0 Å². The Balaban J connectivity index is 2.79. The Morgan fingerprint density at radius 1 is 1.19 bits per heavy atom. The highest BCUT2D eigenvalue weighted by atomic mass is 19.1. The van der Waals surface area contributed by atoms with Crippen molar-refractivity contribution in [3.8, 4) is 0 Å². The molecule has 0 aliphatic heterocycles. The lowest BCUT2D eigenvalue weighted by molar-refractivity contribution is -0.118. The van der Waals surface area contributed by atoms with Crippen LogP contribution in [0.4, 0.5) is 4.39 Å². The van der Waals surface area contributed by atoms with Crippen LogP contribution in [0.15, 0.2) is 36.0 Å². The number of ketones is 1. The van der Waals surface area contributed by atoms with E-state index in [4.69, 9.17) is 0 Å². The minimum atomic E-state index is -0.390. The van der Waals surface area contributed by atoms with Gasteiger partial charge in [0.05, 0.1) is 0 Å². The Hall–Kier alpha value is -1.97. The lowest BCUT2D eigenvalue weighted by Gasteiger charge is -2.01. The maximum atomic E-state index is 12.6. The van der Waals surface area contributed by atoms with Gasteiger partial charge in [-0.2, -0.15) is 0 Å². The van der Waals surface area contributed by atoms with Crippen molar-refractivity contribution < 1.29 is 14.0 Å². The summed E-state index contributed by atoms with van der Waals surface area (Å²) in [6.45, 7) is 2.97. The first-order chi connectivity index (χ1) is 7.49. The zero-order valence-corrected chi connectivity index (χ0v) is 9.08. The van der Waals surface area contributed by atoms with Gasteiger partial charge in [-0.25, -0.2) is 4.39 Å². The average Bonchev–Trinajstić information content (AvgIpc) is 2.16. The third-order valence-electron chi connectivity index (χ3n) is 1.85. The largest absolute Gasteiger partial charge is 0.330 e. The summed E-state index contributed by atoms with van der Waals surface area (Å²) in [4.78, 5) is 22.3. The molecule has 1 aromatic carbocycles. The van der Waals surface area contributed by atoms with Crippen molar-refractivity contribution >= 4 is 11.7 Å². The Morgan fingerprint density at radius 3 is 2.25 bits per heavy atom. The van der Waals surface area contributed by atoms with E-state index in [1.807, 2.05) is 0 Å². The van der Waals surface area contributed by atoms with Crippen LogP contribution >= 0.6 is 0 Å². The summed E-state index contributed by atoms with van der Waals surface area (Å²) >= 11 is 0. The fourth-order valence-corrected chi connectivity index (χ4v) is 1.21. The number of nitrogens with one attached hydrogen (secondary N) is 1. The second kappa shape index (κ2) is 5.21. The topological polar surface area (TPSA) is 46.2 Å². The molecule has 0 spiro atoms. The molecule has 1 aromatic rings. The molecular weight excluding hydrogens is 209 g/mol. The van der Waals surface area contributed by atoms with E-state index in [1.165, 1.54) is 37.3 Å². The van der Waals surface area contributed by atoms with Gasteiger partial charge in [0.2, 0.25) is 5.91 Å². The van der Waals surface area contributed by atoms with Gasteiger partial charge in [0.1, 0.15) is 5.82 Å². The highest BCUT2D eigenvalue weighted by Gasteiger charge is 2.03. The molecule has 0 aromatic heterocycles. The average molecular weight is 221 g/mol. The van der Waals surface area contributed by atoms with Crippen LogP contribution in [-0.4, -0.2) is 11.7 Å². The van der Waals surface area contributed by atoms with Crippen LogP contribution < -0.4 is 5.32 Å². The first-order valence-corrected chi connectivity index (χ1v) is 4.75. The van der Waals surface area contributed by atoms with Crippen LogP contribution in [0.5, 0.6) is 0 Å². The van der Waals surface area contributed by atoms with E-state index in [1.54, 1.807) is 6.92 Å². The predicted octanol–water partition coefficient (Wildman–Crippen LogP) is 2.05. The molecule has 1 amide bonds. The third-order valence-corrected chi connectivity index (χ3v) is 1.85. The van der Waals surface area contributed by atoms with Crippen LogP contribution in [0.25, 0.3) is 0 Å². The number of hydrogen-bond donors (Lipinski definition) is 1. The molecule has 3 nitrogen and oxygen atoms in total. The molecule has 0 unspecified atom stereocenters. The Labute approximate surface area is 93.0 Å². The van der Waals surface area contributed by atoms with Crippen LogP contribution in [0.2, 0.25) is 0 Å². The van der Waals surface area contributed by atoms with Crippen LogP contribution in [0, 0.1) is 5.82 Å². The number of rotatable bonds is 3. The second-order valence-electron chi connectivity index (χ2n) is 3.38. The van der Waals surface area contributed by atoms with Gasteiger partial charge in [-0.3, -0.25) is 9.59 Å². The fourth-order valence-electron chi connectivity index (χ4n) is 1.21. The molecule has 1 N–H and O–H groups in total. The predicted molar refractivity (Wildman–Crippen MR) is 58.3 cm³/mol. The second-order valence-corrected chi connectivity index (χ2v) is 3.38. The molecule has 0 radical (unpaired) electrons. The highest BCUT2D eigenvalue weighted by Crippen LogP contribution is 2.05. The molecule has 16 heavy (non-hydrogen) atoms. The minimum absolute atomic E-state index is 0.236. The summed E-state index contributed by atoms with van der Waals surface area (Å²) in [5, 5.41) is 2.48. The number of allylic oxidation sites excluding steroid dienone is 2. The number of carbonyl (C=O) groups excluding carboxylic acids is 2. The van der Waals surface area contributed by atoms with Crippen LogP contribution in [0.3, 0.4) is 0 Å². The lowest BCUT2D eigenvalue weighted by Crippen LogP contribution is -2.18. The first kappa shape index (κ1) is 12.1. The van der Waals surface area contributed by atoms with Crippen molar-refractivity contribution in [2.24, 2.45) is 0 Å². The van der Waals surface area contributed by atoms with Crippen LogP contribution in [0.1, 0.15) is 24.2 Å². The van der Waals surface area contributed by atoms with Gasteiger partial charge in [-0.15, -0.1) is 0 Å². The highest BCUT2D eigenvalue weighted by molar-refractivity contribution is 6.05. The van der Waals surface area contributed by atoms with Gasteiger partial charge in [0.15, 0.2) is 5.78 Å². The van der Waals surface area contributed by atoms with E-state index < -0.39 is 0 Å². The zero-order chi connectivity index (χ0) is 12.1. The lowest BCUT2D eigenvalue weighted by atomic mass is 10.1. The normalized spacial score (nSPS) is 11.1. The van der Waals surface area contributed by atoms with E-state index in [0.29, 0.717) is 11.3 Å². The summed E-state index contributed by atoms with van der Waals surface area (Å²) in [6, 6.07) is 5.23. The molecule has 4 heteroatoms. The smallest absolute Gasteiger partial charge is 0.220 e. The van der Waals surface area contributed by atoms with Gasteiger partial charge >= 0.3 is 0 Å². The molecule has 0 fully saturated rings. The monoisotopic (exact) mass is 221 g/mol. The van der Waals surface area contributed by atoms with Gasteiger partial charge in [-0.1, -0.05) is 0 Å². The molecule has 0 aliphatic rings. The molecule has 0 bridgehead atoms. The molecule has 1 rings (SSSR count). The summed E-state index contributed by atoms with van der Waals surface area (Å²) in [7, 11) is 0. The molecule has 0 atom stereocenters. The number of halogens is 1. The van der Waals surface area contributed by atoms with Crippen molar-refractivity contribution in [2.45, 2.75) is 13.8 Å². The molecule has 0 saturated carbocycles. The third kappa shape index (κ3) is 3.65. The number of hydrogen-bond acceptors (Lipinski definition) is 2. The zero-order valence-electron chi connectivity index (χ0n) is 9.08. The van der Waals surface area contributed by atoms with Crippen molar-refractivity contribution in [1.29, 1.82) is 0 Å². The number of carbonyl (C=O) groups is 2. The number of amides is 1. The van der Waals surface area contributed by atoms with E-state index >= 15 is 0 Å². The maximum Gasteiger partial charge on any atom is 0.220 e. The minimum Gasteiger partial charge on any atom is -0.330 e. The van der Waals surface area contributed by atoms with Gasteiger partial charge in [0.25, 0.3) is 0 Å². The maximum absolute atomic E-state index is 12.6. The van der Waals surface area contributed by atoms with E-state index in [9.17, 15) is 14.0 Å². The summed E-state index contributed by atoms with van der Waals surface area (Å²) in [6.07, 6.45) is 1.30. The Kier molecular flexibility index (Phi) is 3.94. The Morgan fingerprint density at radius 2 is 1.75 bits per heavy atom. The SMILES string of the molecule is CC(=O)N/C(C)=C\C(=O)c1ccc(F)cc1. The fraction of sp³-hybridized carbons (Fsp3) is 0.167. The molecule has 0 saturated heterocycles. The standard InChI is InChI=1S/C12H12FNO2/c1-8(14-9(2)15)7-12(16)10-3-5-11(13)6-4-10/h3-7H,1-2H3,(H,14,15)/b8-7-. The molecular formula is C12H12FNO2. The van der Waals surface area contributed by atoms with Crippen molar-refractivity contribution in [1.82, 2.24) is 5.32 Å². The van der Waals surface area contributed by atoms with E-state index in [0.717, 1.165) is 0 Å². The quantitative estimate of drug-likeness (QED) is 0.627. The van der Waals surface area contributed by atoms with Gasteiger partial charge in [-0.05, 0) is 31.2 Å².